The van der Waals surface area contributed by atoms with Gasteiger partial charge in [-0.1, -0.05) is 30.3 Å². The van der Waals surface area contributed by atoms with E-state index < -0.39 is 0 Å². The van der Waals surface area contributed by atoms with Gasteiger partial charge < -0.3 is 10.0 Å². The molecule has 2 atom stereocenters. The summed E-state index contributed by atoms with van der Waals surface area (Å²) >= 11 is 0. The Labute approximate surface area is 110 Å². The second kappa shape index (κ2) is 6.32. The highest BCUT2D eigenvalue weighted by atomic mass is 16.3. The summed E-state index contributed by atoms with van der Waals surface area (Å²) in [5.41, 5.74) is 1.38. The van der Waals surface area contributed by atoms with Crippen molar-refractivity contribution < 1.29 is 5.11 Å². The molecule has 0 bridgehead atoms. The van der Waals surface area contributed by atoms with Crippen LogP contribution in [0.3, 0.4) is 0 Å². The molecular weight excluding hydrogens is 224 g/mol. The molecule has 3 nitrogen and oxygen atoms in total. The van der Waals surface area contributed by atoms with Gasteiger partial charge in [-0.2, -0.15) is 0 Å². The highest BCUT2D eigenvalue weighted by Crippen LogP contribution is 2.23. The molecule has 0 radical (unpaired) electrons. The molecule has 0 aromatic heterocycles. The number of aliphatic hydroxyl groups excluding tert-OH is 1. The fourth-order valence-electron chi connectivity index (χ4n) is 2.72. The molecule has 1 aliphatic heterocycles. The molecule has 3 heteroatoms. The van der Waals surface area contributed by atoms with Crippen molar-refractivity contribution in [1.29, 1.82) is 0 Å². The van der Waals surface area contributed by atoms with Crippen molar-refractivity contribution in [3.05, 3.63) is 35.9 Å². The quantitative estimate of drug-likeness (QED) is 0.879. The Kier molecular flexibility index (Phi) is 4.75. The summed E-state index contributed by atoms with van der Waals surface area (Å²) in [5, 5.41) is 9.13. The monoisotopic (exact) mass is 248 g/mol. The molecule has 100 valence electrons. The van der Waals surface area contributed by atoms with Gasteiger partial charge in [0.05, 0.1) is 0 Å². The van der Waals surface area contributed by atoms with Gasteiger partial charge in [-0.15, -0.1) is 0 Å². The first-order valence-electron chi connectivity index (χ1n) is 6.82. The predicted octanol–water partition coefficient (Wildman–Crippen LogP) is 1.75. The van der Waals surface area contributed by atoms with E-state index in [0.29, 0.717) is 12.1 Å². The van der Waals surface area contributed by atoms with Crippen LogP contribution >= 0.6 is 0 Å². The summed E-state index contributed by atoms with van der Waals surface area (Å²) in [7, 11) is 2.16. The Morgan fingerprint density at radius 3 is 2.67 bits per heavy atom. The van der Waals surface area contributed by atoms with Crippen LogP contribution < -0.4 is 0 Å². The smallest absolute Gasteiger partial charge is 0.0446 e. The molecule has 0 aliphatic carbocycles. The van der Waals surface area contributed by atoms with E-state index >= 15 is 0 Å². The molecule has 0 spiro atoms. The lowest BCUT2D eigenvalue weighted by Gasteiger charge is -2.42. The van der Waals surface area contributed by atoms with Crippen molar-refractivity contribution in [2.75, 3.05) is 33.3 Å². The van der Waals surface area contributed by atoms with Crippen molar-refractivity contribution in [2.24, 2.45) is 0 Å². The molecule has 1 aliphatic rings. The molecule has 1 N–H and O–H groups in total. The standard InChI is InChI=1S/C15H24N2O/c1-13(14-6-4-3-5-7-14)17-10-9-16(2)15(12-17)8-11-18/h3-7,13,15,18H,8-12H2,1-2H3. The van der Waals surface area contributed by atoms with Crippen LogP contribution in [0.25, 0.3) is 0 Å². The van der Waals surface area contributed by atoms with E-state index in [1.807, 2.05) is 0 Å². The van der Waals surface area contributed by atoms with Crippen molar-refractivity contribution in [1.82, 2.24) is 9.80 Å². The zero-order chi connectivity index (χ0) is 13.0. The number of rotatable bonds is 4. The normalized spacial score (nSPS) is 24.1. The average molecular weight is 248 g/mol. The number of hydrogen-bond donors (Lipinski definition) is 1. The fraction of sp³-hybridized carbons (Fsp3) is 0.600. The van der Waals surface area contributed by atoms with Crippen molar-refractivity contribution >= 4 is 0 Å². The predicted molar refractivity (Wildman–Crippen MR) is 74.6 cm³/mol. The van der Waals surface area contributed by atoms with E-state index in [2.05, 4.69) is 54.1 Å². The zero-order valence-corrected chi connectivity index (χ0v) is 11.4. The highest BCUT2D eigenvalue weighted by Gasteiger charge is 2.27. The molecular formula is C15H24N2O. The van der Waals surface area contributed by atoms with Crippen LogP contribution in [0.4, 0.5) is 0 Å². The number of hydrogen-bond acceptors (Lipinski definition) is 3. The first kappa shape index (κ1) is 13.5. The number of nitrogens with zero attached hydrogens (tertiary/aromatic N) is 2. The van der Waals surface area contributed by atoms with Crippen LogP contribution in [0.15, 0.2) is 30.3 Å². The molecule has 18 heavy (non-hydrogen) atoms. The maximum Gasteiger partial charge on any atom is 0.0446 e. The molecule has 1 fully saturated rings. The Hall–Kier alpha value is -0.900. The van der Waals surface area contributed by atoms with Gasteiger partial charge in [0.25, 0.3) is 0 Å². The van der Waals surface area contributed by atoms with Gasteiger partial charge >= 0.3 is 0 Å². The lowest BCUT2D eigenvalue weighted by Crippen LogP contribution is -2.52. The molecule has 1 saturated heterocycles. The number of benzene rings is 1. The number of aliphatic hydroxyl groups is 1. The van der Waals surface area contributed by atoms with Gasteiger partial charge in [0.1, 0.15) is 0 Å². The number of likely N-dealkylation sites (N-methyl/N-ethyl adjacent to an activating group) is 1. The fourth-order valence-corrected chi connectivity index (χ4v) is 2.72. The van der Waals surface area contributed by atoms with Crippen LogP contribution in [0, 0.1) is 0 Å². The Bertz CT molecular complexity index is 355. The van der Waals surface area contributed by atoms with E-state index in [9.17, 15) is 0 Å². The molecule has 1 heterocycles. The summed E-state index contributed by atoms with van der Waals surface area (Å²) in [6.07, 6.45) is 0.870. The largest absolute Gasteiger partial charge is 0.396 e. The van der Waals surface area contributed by atoms with E-state index in [-0.39, 0.29) is 6.61 Å². The molecule has 0 saturated carbocycles. The molecule has 0 amide bonds. The van der Waals surface area contributed by atoms with Gasteiger partial charge in [-0.3, -0.25) is 4.90 Å². The van der Waals surface area contributed by atoms with Gasteiger partial charge in [0, 0.05) is 38.3 Å². The molecule has 2 rings (SSSR count). The van der Waals surface area contributed by atoms with Crippen molar-refractivity contribution in [2.45, 2.75) is 25.4 Å². The second-order valence-corrected chi connectivity index (χ2v) is 5.23. The second-order valence-electron chi connectivity index (χ2n) is 5.23. The maximum atomic E-state index is 9.13. The van der Waals surface area contributed by atoms with Crippen LogP contribution in [-0.4, -0.2) is 54.2 Å². The third-order valence-electron chi connectivity index (χ3n) is 4.10. The topological polar surface area (TPSA) is 26.7 Å². The van der Waals surface area contributed by atoms with Gasteiger partial charge in [0.2, 0.25) is 0 Å². The molecule has 1 aromatic carbocycles. The van der Waals surface area contributed by atoms with Crippen LogP contribution in [0.1, 0.15) is 24.9 Å². The summed E-state index contributed by atoms with van der Waals surface area (Å²) in [5.74, 6) is 0. The third kappa shape index (κ3) is 3.10. The first-order chi connectivity index (χ1) is 8.72. The van der Waals surface area contributed by atoms with E-state index in [0.717, 1.165) is 26.1 Å². The highest BCUT2D eigenvalue weighted by molar-refractivity contribution is 5.18. The Morgan fingerprint density at radius 2 is 2.00 bits per heavy atom. The van der Waals surface area contributed by atoms with Gasteiger partial charge in [-0.25, -0.2) is 0 Å². The van der Waals surface area contributed by atoms with Crippen molar-refractivity contribution in [3.8, 4) is 0 Å². The lowest BCUT2D eigenvalue weighted by atomic mass is 10.0. The first-order valence-corrected chi connectivity index (χ1v) is 6.82. The SMILES string of the molecule is CC(c1ccccc1)N1CCN(C)C(CCO)C1. The van der Waals surface area contributed by atoms with Crippen LogP contribution in [0.2, 0.25) is 0 Å². The van der Waals surface area contributed by atoms with Crippen LogP contribution in [0.5, 0.6) is 0 Å². The Balaban J connectivity index is 2.01. The maximum absolute atomic E-state index is 9.13. The zero-order valence-electron chi connectivity index (χ0n) is 11.4. The summed E-state index contributed by atoms with van der Waals surface area (Å²) in [4.78, 5) is 4.89. The molecule has 2 unspecified atom stereocenters. The van der Waals surface area contributed by atoms with Gasteiger partial charge in [0.15, 0.2) is 0 Å². The van der Waals surface area contributed by atoms with E-state index in [1.165, 1.54) is 5.56 Å². The van der Waals surface area contributed by atoms with Crippen molar-refractivity contribution in [3.63, 3.8) is 0 Å². The lowest BCUT2D eigenvalue weighted by molar-refractivity contribution is 0.0562. The summed E-state index contributed by atoms with van der Waals surface area (Å²) in [6, 6.07) is 11.6. The minimum atomic E-state index is 0.280. The Morgan fingerprint density at radius 1 is 1.28 bits per heavy atom. The summed E-state index contributed by atoms with van der Waals surface area (Å²) < 4.78 is 0. The minimum Gasteiger partial charge on any atom is -0.396 e. The minimum absolute atomic E-state index is 0.280. The van der Waals surface area contributed by atoms with E-state index in [4.69, 9.17) is 5.11 Å². The van der Waals surface area contributed by atoms with Crippen LogP contribution in [-0.2, 0) is 0 Å². The third-order valence-corrected chi connectivity index (χ3v) is 4.10. The van der Waals surface area contributed by atoms with Gasteiger partial charge in [-0.05, 0) is 26.0 Å². The summed E-state index contributed by atoms with van der Waals surface area (Å²) in [6.45, 7) is 5.79. The number of piperazine rings is 1. The average Bonchev–Trinajstić information content (AvgIpc) is 2.42. The molecule has 1 aromatic rings. The van der Waals surface area contributed by atoms with E-state index in [1.54, 1.807) is 0 Å².